The van der Waals surface area contributed by atoms with Crippen molar-refractivity contribution >= 4 is 26.1 Å². The van der Waals surface area contributed by atoms with Gasteiger partial charge in [0.1, 0.15) is 0 Å². The van der Waals surface area contributed by atoms with E-state index >= 15 is 0 Å². The summed E-state index contributed by atoms with van der Waals surface area (Å²) in [6.07, 6.45) is 0. The molecule has 0 spiro atoms. The summed E-state index contributed by atoms with van der Waals surface area (Å²) in [5, 5.41) is 3.21. The molecule has 0 aromatic rings. The Morgan fingerprint density at radius 3 is 2.62 bits per heavy atom. The maximum atomic E-state index is 5.22. The van der Waals surface area contributed by atoms with Gasteiger partial charge in [-0.15, -0.1) is 0 Å². The summed E-state index contributed by atoms with van der Waals surface area (Å²) in [5.74, 6) is 0. The van der Waals surface area contributed by atoms with Crippen LogP contribution in [0.3, 0.4) is 0 Å². The molecular formula is C4H11BLiNO. The van der Waals surface area contributed by atoms with Crippen LogP contribution in [0.15, 0.2) is 0 Å². The Morgan fingerprint density at radius 2 is 2.38 bits per heavy atom. The van der Waals surface area contributed by atoms with Crippen molar-refractivity contribution in [2.24, 2.45) is 0 Å². The molecule has 1 aliphatic rings. The number of morpholine rings is 1. The van der Waals surface area contributed by atoms with E-state index in [-0.39, 0.29) is 8.41 Å². The van der Waals surface area contributed by atoms with Gasteiger partial charge in [0, 0.05) is 0 Å². The molecule has 4 heteroatoms. The van der Waals surface area contributed by atoms with Crippen LogP contribution in [0, 0.1) is 0 Å². The standard InChI is InChI=1S/C4H8NO.BH3.Li/c1-3-6-4-2-5-1;;/h3,5H,1-2,4H2;1H3;. The molecule has 0 saturated carbocycles. The second kappa shape index (κ2) is 4.46. The van der Waals surface area contributed by atoms with E-state index in [0.29, 0.717) is 4.78 Å². The Bertz CT molecular complexity index is 58.0. The third kappa shape index (κ3) is 2.78. The number of hydrogen-bond acceptors (Lipinski definition) is 2. The number of hydrogen-bond donors (Lipinski definition) is 1. The van der Waals surface area contributed by atoms with Gasteiger partial charge >= 0.3 is 52.2 Å². The molecule has 0 aromatic carbocycles. The van der Waals surface area contributed by atoms with Crippen molar-refractivity contribution in [3.8, 4) is 0 Å². The molecule has 2 nitrogen and oxygen atoms in total. The molecule has 1 heterocycles. The van der Waals surface area contributed by atoms with E-state index in [1.807, 2.05) is 0 Å². The quantitative estimate of drug-likeness (QED) is 0.358. The van der Waals surface area contributed by atoms with Crippen molar-refractivity contribution in [1.82, 2.24) is 5.32 Å². The molecule has 0 radical (unpaired) electrons. The van der Waals surface area contributed by atoms with Crippen molar-refractivity contribution < 1.29 is 4.74 Å². The minimum atomic E-state index is 0. The van der Waals surface area contributed by atoms with Crippen molar-refractivity contribution in [3.63, 3.8) is 0 Å². The Morgan fingerprint density at radius 1 is 1.62 bits per heavy atom. The van der Waals surface area contributed by atoms with Crippen LogP contribution in [0.25, 0.3) is 0 Å². The Balaban J connectivity index is 0.000000490. The van der Waals surface area contributed by atoms with E-state index in [4.69, 9.17) is 4.74 Å². The first-order chi connectivity index (χ1) is 3.39. The molecule has 1 unspecified atom stereocenters. The van der Waals surface area contributed by atoms with Crippen LogP contribution >= 0.6 is 0 Å². The normalized spacial score (nSPS) is 29.0. The summed E-state index contributed by atoms with van der Waals surface area (Å²) in [6, 6.07) is 0. The van der Waals surface area contributed by atoms with Gasteiger partial charge in [-0.3, -0.25) is 0 Å². The summed E-state index contributed by atoms with van der Waals surface area (Å²) in [6.45, 7) is 2.91. The topological polar surface area (TPSA) is 21.3 Å². The molecule has 8 heavy (non-hydrogen) atoms. The molecule has 1 N–H and O–H groups in total. The molecule has 1 rings (SSSR count). The molecule has 0 aliphatic carbocycles. The Kier molecular flexibility index (Phi) is 4.78. The Labute approximate surface area is 61.1 Å². The SMILES string of the molecule is B.[Li][CH]1CNCCO1. The van der Waals surface area contributed by atoms with E-state index in [9.17, 15) is 0 Å². The van der Waals surface area contributed by atoms with Crippen LogP contribution in [-0.2, 0) is 4.74 Å². The van der Waals surface area contributed by atoms with Gasteiger partial charge < -0.3 is 0 Å². The molecule has 1 saturated heterocycles. The van der Waals surface area contributed by atoms with E-state index in [0.717, 1.165) is 19.7 Å². The molecule has 1 aliphatic heterocycles. The first-order valence-corrected chi connectivity index (χ1v) is 2.72. The molecule has 1 fully saturated rings. The van der Waals surface area contributed by atoms with Gasteiger partial charge in [0.15, 0.2) is 0 Å². The second-order valence-corrected chi connectivity index (χ2v) is 1.89. The van der Waals surface area contributed by atoms with Gasteiger partial charge in [0.25, 0.3) is 0 Å². The van der Waals surface area contributed by atoms with Crippen LogP contribution in [-0.4, -0.2) is 50.6 Å². The van der Waals surface area contributed by atoms with Crippen molar-refractivity contribution in [1.29, 1.82) is 0 Å². The van der Waals surface area contributed by atoms with Crippen molar-refractivity contribution in [2.45, 2.75) is 4.78 Å². The first kappa shape index (κ1) is 8.58. The summed E-state index contributed by atoms with van der Waals surface area (Å²) in [4.78, 5) is 0. The fourth-order valence-corrected chi connectivity index (χ4v) is 0.697. The predicted molar refractivity (Wildman–Crippen MR) is 38.3 cm³/mol. The summed E-state index contributed by atoms with van der Waals surface area (Å²) in [7, 11) is 0. The van der Waals surface area contributed by atoms with Gasteiger partial charge in [-0.05, 0) is 0 Å². The average Bonchev–Trinajstić information content (AvgIpc) is 1.69. The zero-order chi connectivity index (χ0) is 5.11. The summed E-state index contributed by atoms with van der Waals surface area (Å²) < 4.78 is 5.64. The van der Waals surface area contributed by atoms with Gasteiger partial charge in [0.2, 0.25) is 0 Å². The van der Waals surface area contributed by atoms with Crippen LogP contribution in [0.2, 0.25) is 0 Å². The fourth-order valence-electron chi connectivity index (χ4n) is 0.697. The van der Waals surface area contributed by atoms with Gasteiger partial charge in [-0.2, -0.15) is 0 Å². The van der Waals surface area contributed by atoms with E-state index < -0.39 is 0 Å². The molecule has 1 atom stereocenters. The maximum absolute atomic E-state index is 5.22. The number of ether oxygens (including phenoxy) is 1. The fraction of sp³-hybridized carbons (Fsp3) is 1.00. The third-order valence-electron chi connectivity index (χ3n) is 1.11. The van der Waals surface area contributed by atoms with Crippen LogP contribution in [0.5, 0.6) is 0 Å². The third-order valence-corrected chi connectivity index (χ3v) is 1.11. The predicted octanol–water partition coefficient (Wildman–Crippen LogP) is -2.08. The minimum absolute atomic E-state index is 0. The zero-order valence-corrected chi connectivity index (χ0v) is 4.61. The monoisotopic (exact) mass is 107 g/mol. The van der Waals surface area contributed by atoms with Gasteiger partial charge in [-0.1, -0.05) is 0 Å². The summed E-state index contributed by atoms with van der Waals surface area (Å²) >= 11 is 2.08. The molecule has 42 valence electrons. The van der Waals surface area contributed by atoms with Gasteiger partial charge in [0.05, 0.1) is 8.41 Å². The van der Waals surface area contributed by atoms with E-state index in [2.05, 4.69) is 23.0 Å². The zero-order valence-electron chi connectivity index (χ0n) is 4.61. The molecular weight excluding hydrogens is 95.8 g/mol. The number of rotatable bonds is 0. The first-order valence-electron chi connectivity index (χ1n) is 2.72. The second-order valence-electron chi connectivity index (χ2n) is 1.89. The van der Waals surface area contributed by atoms with E-state index in [1.54, 1.807) is 0 Å². The number of nitrogens with one attached hydrogen (secondary N) is 1. The molecule has 0 amide bonds. The molecule has 0 aromatic heterocycles. The average molecular weight is 107 g/mol. The van der Waals surface area contributed by atoms with Crippen molar-refractivity contribution in [2.75, 3.05) is 19.7 Å². The van der Waals surface area contributed by atoms with E-state index in [1.165, 1.54) is 0 Å². The van der Waals surface area contributed by atoms with Gasteiger partial charge in [-0.25, -0.2) is 0 Å². The molecule has 0 bridgehead atoms. The van der Waals surface area contributed by atoms with Crippen LogP contribution < -0.4 is 5.32 Å². The van der Waals surface area contributed by atoms with Crippen LogP contribution in [0.1, 0.15) is 0 Å². The van der Waals surface area contributed by atoms with Crippen LogP contribution in [0.4, 0.5) is 0 Å². The Hall–Kier alpha value is 0.582. The summed E-state index contributed by atoms with van der Waals surface area (Å²) in [5.41, 5.74) is 0. The van der Waals surface area contributed by atoms with Crippen molar-refractivity contribution in [3.05, 3.63) is 0 Å².